The number of methoxy groups -OCH3 is 1. The minimum Gasteiger partial charge on any atom is -0.460 e. The van der Waals surface area contributed by atoms with Gasteiger partial charge in [0.15, 0.2) is 0 Å². The van der Waals surface area contributed by atoms with Crippen LogP contribution in [0.25, 0.3) is 5.69 Å². The molecule has 1 aromatic carbocycles. The molecule has 1 heterocycles. The molecule has 24 heavy (non-hydrogen) atoms. The van der Waals surface area contributed by atoms with E-state index in [0.29, 0.717) is 25.0 Å². The van der Waals surface area contributed by atoms with Gasteiger partial charge in [-0.2, -0.15) is 0 Å². The van der Waals surface area contributed by atoms with Crippen LogP contribution in [0.3, 0.4) is 0 Å². The molecule has 0 atom stereocenters. The van der Waals surface area contributed by atoms with E-state index in [1.165, 1.54) is 0 Å². The number of hydrogen-bond acceptors (Lipinski definition) is 5. The maximum absolute atomic E-state index is 12.1. The number of nitrogens with zero attached hydrogens (tertiary/aromatic N) is 3. The number of ether oxygens (including phenoxy) is 2. The number of rotatable bonds is 8. The van der Waals surface area contributed by atoms with Gasteiger partial charge in [-0.3, -0.25) is 0 Å². The smallest absolute Gasteiger partial charge is 0.378 e. The molecule has 0 bridgehead atoms. The van der Waals surface area contributed by atoms with Crippen LogP contribution >= 0.6 is 0 Å². The predicted octanol–water partition coefficient (Wildman–Crippen LogP) is 3.28. The van der Waals surface area contributed by atoms with Crippen molar-refractivity contribution in [2.75, 3.05) is 20.3 Å². The number of hydrogen-bond donors (Lipinski definition) is 0. The minimum atomic E-state index is -0.490. The largest absolute Gasteiger partial charge is 0.460 e. The van der Waals surface area contributed by atoms with Gasteiger partial charge in [0.1, 0.15) is 5.82 Å². The lowest BCUT2D eigenvalue weighted by Crippen LogP contribution is -2.10. The van der Waals surface area contributed by atoms with Crippen LogP contribution in [0.2, 0.25) is 0 Å². The van der Waals surface area contributed by atoms with Gasteiger partial charge in [-0.1, -0.05) is 32.0 Å². The van der Waals surface area contributed by atoms with E-state index in [2.05, 4.69) is 30.0 Å². The fourth-order valence-electron chi connectivity index (χ4n) is 2.45. The number of unbranched alkanes of at least 4 members (excludes halogenated alkanes) is 1. The van der Waals surface area contributed by atoms with Gasteiger partial charge in [0.25, 0.3) is 5.82 Å². The zero-order valence-corrected chi connectivity index (χ0v) is 14.8. The molecule has 0 amide bonds. The topological polar surface area (TPSA) is 66.2 Å². The lowest BCUT2D eigenvalue weighted by Gasteiger charge is -2.12. The van der Waals surface area contributed by atoms with E-state index in [1.807, 2.05) is 25.1 Å². The van der Waals surface area contributed by atoms with Crippen LogP contribution in [0.15, 0.2) is 24.3 Å². The van der Waals surface area contributed by atoms with Crippen molar-refractivity contribution in [1.29, 1.82) is 0 Å². The van der Waals surface area contributed by atoms with Gasteiger partial charge in [-0.05, 0) is 37.3 Å². The number of para-hydroxylation sites is 1. The minimum absolute atomic E-state index is 0.0952. The lowest BCUT2D eigenvalue weighted by atomic mass is 10.0. The summed E-state index contributed by atoms with van der Waals surface area (Å²) in [7, 11) is 1.65. The molecule has 0 aliphatic heterocycles. The molecule has 2 aromatic rings. The molecule has 2 rings (SSSR count). The SMILES string of the molecule is COCCCCOC(=O)c1nc(C)n(-c2ccccc2C(C)C)n1. The van der Waals surface area contributed by atoms with Gasteiger partial charge in [0.2, 0.25) is 0 Å². The highest BCUT2D eigenvalue weighted by atomic mass is 16.5. The molecular weight excluding hydrogens is 306 g/mol. The quantitative estimate of drug-likeness (QED) is 0.548. The van der Waals surface area contributed by atoms with Crippen molar-refractivity contribution >= 4 is 5.97 Å². The summed E-state index contributed by atoms with van der Waals surface area (Å²) in [5.41, 5.74) is 2.10. The Kier molecular flexibility index (Phi) is 6.49. The van der Waals surface area contributed by atoms with Gasteiger partial charge in [0, 0.05) is 13.7 Å². The van der Waals surface area contributed by atoms with Gasteiger partial charge >= 0.3 is 5.97 Å². The fourth-order valence-corrected chi connectivity index (χ4v) is 2.45. The molecule has 6 nitrogen and oxygen atoms in total. The molecule has 0 aliphatic rings. The Bertz CT molecular complexity index is 680. The van der Waals surface area contributed by atoms with E-state index in [4.69, 9.17) is 9.47 Å². The Balaban J connectivity index is 2.12. The second-order valence-electron chi connectivity index (χ2n) is 5.94. The summed E-state index contributed by atoms with van der Waals surface area (Å²) >= 11 is 0. The van der Waals surface area contributed by atoms with Gasteiger partial charge in [0.05, 0.1) is 12.3 Å². The molecule has 6 heteroatoms. The molecule has 130 valence electrons. The molecule has 0 unspecified atom stereocenters. The molecule has 0 N–H and O–H groups in total. The first-order valence-electron chi connectivity index (χ1n) is 8.23. The van der Waals surface area contributed by atoms with E-state index < -0.39 is 5.97 Å². The van der Waals surface area contributed by atoms with Crippen LogP contribution in [0, 0.1) is 6.92 Å². The van der Waals surface area contributed by atoms with Crippen LogP contribution < -0.4 is 0 Å². The van der Waals surface area contributed by atoms with E-state index in [-0.39, 0.29) is 5.82 Å². The van der Waals surface area contributed by atoms with Crippen LogP contribution in [-0.2, 0) is 9.47 Å². The maximum atomic E-state index is 12.1. The second kappa shape index (κ2) is 8.59. The molecule has 0 aliphatic carbocycles. The van der Waals surface area contributed by atoms with Crippen molar-refractivity contribution < 1.29 is 14.3 Å². The second-order valence-corrected chi connectivity index (χ2v) is 5.94. The highest BCUT2D eigenvalue weighted by molar-refractivity contribution is 5.85. The summed E-state index contributed by atoms with van der Waals surface area (Å²) in [6.07, 6.45) is 1.61. The molecule has 0 fully saturated rings. The van der Waals surface area contributed by atoms with E-state index in [0.717, 1.165) is 24.1 Å². The summed E-state index contributed by atoms with van der Waals surface area (Å²) in [6.45, 7) is 7.09. The molecular formula is C18H25N3O3. The summed E-state index contributed by atoms with van der Waals surface area (Å²) in [6, 6.07) is 8.00. The summed E-state index contributed by atoms with van der Waals surface area (Å²) in [5, 5.41) is 4.34. The Labute approximate surface area is 142 Å². The Hall–Kier alpha value is -2.21. The third-order valence-corrected chi connectivity index (χ3v) is 3.71. The van der Waals surface area contributed by atoms with Crippen LogP contribution in [0.5, 0.6) is 0 Å². The average Bonchev–Trinajstić information content (AvgIpc) is 2.96. The summed E-state index contributed by atoms with van der Waals surface area (Å²) in [5.74, 6) is 0.615. The Morgan fingerprint density at radius 2 is 1.92 bits per heavy atom. The van der Waals surface area contributed by atoms with E-state index in [1.54, 1.807) is 11.8 Å². The van der Waals surface area contributed by atoms with Crippen molar-refractivity contribution in [3.63, 3.8) is 0 Å². The number of carbonyl (C=O) groups excluding carboxylic acids is 1. The summed E-state index contributed by atoms with van der Waals surface area (Å²) in [4.78, 5) is 16.4. The zero-order valence-electron chi connectivity index (χ0n) is 14.8. The normalized spacial score (nSPS) is 11.0. The first kappa shape index (κ1) is 18.1. The third kappa shape index (κ3) is 4.41. The van der Waals surface area contributed by atoms with Crippen LogP contribution in [0.4, 0.5) is 0 Å². The highest BCUT2D eigenvalue weighted by Crippen LogP contribution is 2.23. The number of aromatic nitrogens is 3. The van der Waals surface area contributed by atoms with Gasteiger partial charge in [-0.15, -0.1) is 5.10 Å². The average molecular weight is 331 g/mol. The Morgan fingerprint density at radius 1 is 1.21 bits per heavy atom. The standard InChI is InChI=1S/C18H25N3O3/c1-13(2)15-9-5-6-10-16(15)21-14(3)19-17(20-21)18(22)24-12-8-7-11-23-4/h5-6,9-10,13H,7-8,11-12H2,1-4H3. The molecule has 0 saturated carbocycles. The number of benzene rings is 1. The van der Waals surface area contributed by atoms with Crippen LogP contribution in [0.1, 0.15) is 54.6 Å². The lowest BCUT2D eigenvalue weighted by molar-refractivity contribution is 0.0475. The van der Waals surface area contributed by atoms with Crippen molar-refractivity contribution in [1.82, 2.24) is 14.8 Å². The van der Waals surface area contributed by atoms with Gasteiger partial charge in [-0.25, -0.2) is 14.5 Å². The first-order valence-corrected chi connectivity index (χ1v) is 8.23. The van der Waals surface area contributed by atoms with Crippen molar-refractivity contribution in [2.24, 2.45) is 0 Å². The number of aryl methyl sites for hydroxylation is 1. The highest BCUT2D eigenvalue weighted by Gasteiger charge is 2.18. The van der Waals surface area contributed by atoms with E-state index >= 15 is 0 Å². The predicted molar refractivity (Wildman–Crippen MR) is 91.6 cm³/mol. The Morgan fingerprint density at radius 3 is 2.62 bits per heavy atom. The van der Waals surface area contributed by atoms with E-state index in [9.17, 15) is 4.79 Å². The number of carbonyl (C=O) groups is 1. The molecule has 0 spiro atoms. The number of esters is 1. The molecule has 0 radical (unpaired) electrons. The van der Waals surface area contributed by atoms with Crippen molar-refractivity contribution in [2.45, 2.75) is 39.5 Å². The molecule has 0 saturated heterocycles. The fraction of sp³-hybridized carbons (Fsp3) is 0.500. The first-order chi connectivity index (χ1) is 11.5. The van der Waals surface area contributed by atoms with Crippen molar-refractivity contribution in [3.05, 3.63) is 41.5 Å². The summed E-state index contributed by atoms with van der Waals surface area (Å²) < 4.78 is 11.9. The monoisotopic (exact) mass is 331 g/mol. The van der Waals surface area contributed by atoms with Crippen molar-refractivity contribution in [3.8, 4) is 5.69 Å². The maximum Gasteiger partial charge on any atom is 0.378 e. The molecule has 1 aromatic heterocycles. The zero-order chi connectivity index (χ0) is 17.5. The van der Waals surface area contributed by atoms with Crippen LogP contribution in [-0.4, -0.2) is 41.1 Å². The third-order valence-electron chi connectivity index (χ3n) is 3.71. The van der Waals surface area contributed by atoms with Gasteiger partial charge < -0.3 is 9.47 Å².